The molecule has 0 radical (unpaired) electrons. The molecule has 1 rings (SSSR count). The molecular formula is C12H20O2. The van der Waals surface area contributed by atoms with Crippen molar-refractivity contribution in [3.63, 3.8) is 0 Å². The van der Waals surface area contributed by atoms with Crippen LogP contribution < -0.4 is 0 Å². The molecule has 1 saturated carbocycles. The van der Waals surface area contributed by atoms with Crippen molar-refractivity contribution in [2.45, 2.75) is 51.2 Å². The third-order valence-corrected chi connectivity index (χ3v) is 3.04. The van der Waals surface area contributed by atoms with E-state index in [1.165, 1.54) is 19.3 Å². The van der Waals surface area contributed by atoms with E-state index in [2.05, 4.69) is 12.8 Å². The van der Waals surface area contributed by atoms with Crippen molar-refractivity contribution < 1.29 is 10.2 Å². The van der Waals surface area contributed by atoms with Gasteiger partial charge in [0.1, 0.15) is 0 Å². The van der Waals surface area contributed by atoms with Gasteiger partial charge in [-0.15, -0.1) is 12.3 Å². The van der Waals surface area contributed by atoms with Crippen molar-refractivity contribution in [3.05, 3.63) is 0 Å². The monoisotopic (exact) mass is 196 g/mol. The molecule has 80 valence electrons. The molecule has 0 aromatic rings. The molecule has 14 heavy (non-hydrogen) atoms. The number of rotatable bonds is 6. The molecule has 0 aromatic heterocycles. The second-order valence-electron chi connectivity index (χ2n) is 4.32. The lowest BCUT2D eigenvalue weighted by molar-refractivity contribution is 0.0138. The van der Waals surface area contributed by atoms with Crippen molar-refractivity contribution in [1.82, 2.24) is 0 Å². The quantitative estimate of drug-likeness (QED) is 0.633. The van der Waals surface area contributed by atoms with Crippen LogP contribution in [0, 0.1) is 24.2 Å². The smallest absolute Gasteiger partial charge is 0.0907 e. The first-order valence-electron chi connectivity index (χ1n) is 5.48. The van der Waals surface area contributed by atoms with E-state index in [1.54, 1.807) is 0 Å². The van der Waals surface area contributed by atoms with Crippen LogP contribution in [-0.4, -0.2) is 22.4 Å². The van der Waals surface area contributed by atoms with Gasteiger partial charge in [-0.25, -0.2) is 0 Å². The van der Waals surface area contributed by atoms with E-state index >= 15 is 0 Å². The Balaban J connectivity index is 2.16. The van der Waals surface area contributed by atoms with Crippen LogP contribution in [0.2, 0.25) is 0 Å². The van der Waals surface area contributed by atoms with Gasteiger partial charge in [-0.1, -0.05) is 19.8 Å². The fourth-order valence-corrected chi connectivity index (χ4v) is 2.05. The van der Waals surface area contributed by atoms with E-state index in [0.29, 0.717) is 12.3 Å². The van der Waals surface area contributed by atoms with Crippen LogP contribution in [0.25, 0.3) is 0 Å². The summed E-state index contributed by atoms with van der Waals surface area (Å²) < 4.78 is 0. The Morgan fingerprint density at radius 3 is 2.64 bits per heavy atom. The molecule has 2 N–H and O–H groups in total. The highest BCUT2D eigenvalue weighted by Crippen LogP contribution is 2.45. The number of terminal acetylenes is 1. The van der Waals surface area contributed by atoms with Crippen LogP contribution >= 0.6 is 0 Å². The minimum absolute atomic E-state index is 0.256. The number of hydrogen-bond donors (Lipinski definition) is 2. The second-order valence-corrected chi connectivity index (χ2v) is 4.32. The highest BCUT2D eigenvalue weighted by molar-refractivity contribution is 4.93. The number of aliphatic hydroxyl groups excluding tert-OH is 2. The van der Waals surface area contributed by atoms with E-state index in [4.69, 9.17) is 6.42 Å². The van der Waals surface area contributed by atoms with Gasteiger partial charge in [-0.3, -0.25) is 0 Å². The average molecular weight is 196 g/mol. The van der Waals surface area contributed by atoms with E-state index in [1.807, 2.05) is 0 Å². The Bertz CT molecular complexity index is 207. The van der Waals surface area contributed by atoms with Crippen molar-refractivity contribution in [3.8, 4) is 12.3 Å². The third kappa shape index (κ3) is 3.32. The Labute approximate surface area is 86.3 Å². The first kappa shape index (κ1) is 11.6. The van der Waals surface area contributed by atoms with Crippen molar-refractivity contribution in [2.75, 3.05) is 0 Å². The Morgan fingerprint density at radius 1 is 1.36 bits per heavy atom. The van der Waals surface area contributed by atoms with Gasteiger partial charge in [0.15, 0.2) is 0 Å². The lowest BCUT2D eigenvalue weighted by Gasteiger charge is -2.15. The molecule has 0 bridgehead atoms. The zero-order valence-corrected chi connectivity index (χ0v) is 8.82. The lowest BCUT2D eigenvalue weighted by Crippen LogP contribution is -2.26. The molecule has 4 atom stereocenters. The van der Waals surface area contributed by atoms with Gasteiger partial charge in [0, 0.05) is 6.42 Å². The van der Waals surface area contributed by atoms with Gasteiger partial charge in [-0.2, -0.15) is 0 Å². The number of hydrogen-bond acceptors (Lipinski definition) is 2. The van der Waals surface area contributed by atoms with E-state index in [0.717, 1.165) is 5.92 Å². The summed E-state index contributed by atoms with van der Waals surface area (Å²) in [6, 6.07) is 0. The summed E-state index contributed by atoms with van der Waals surface area (Å²) in [7, 11) is 0. The summed E-state index contributed by atoms with van der Waals surface area (Å²) in [6.45, 7) is 2.18. The van der Waals surface area contributed by atoms with Crippen LogP contribution in [-0.2, 0) is 0 Å². The predicted molar refractivity (Wildman–Crippen MR) is 56.6 cm³/mol. The van der Waals surface area contributed by atoms with Crippen LogP contribution in [0.15, 0.2) is 0 Å². The van der Waals surface area contributed by atoms with Gasteiger partial charge in [0.25, 0.3) is 0 Å². The zero-order valence-electron chi connectivity index (χ0n) is 8.82. The number of aliphatic hydroxyl groups is 2. The molecule has 0 aromatic carbocycles. The molecule has 0 aliphatic heterocycles. The molecule has 2 heteroatoms. The summed E-state index contributed by atoms with van der Waals surface area (Å²) in [5.41, 5.74) is 0. The van der Waals surface area contributed by atoms with E-state index in [9.17, 15) is 10.2 Å². The highest BCUT2D eigenvalue weighted by atomic mass is 16.3. The molecule has 4 unspecified atom stereocenters. The molecule has 1 aliphatic rings. The molecule has 0 saturated heterocycles. The second kappa shape index (κ2) is 5.38. The van der Waals surface area contributed by atoms with Crippen molar-refractivity contribution in [2.24, 2.45) is 11.8 Å². The molecule has 1 fully saturated rings. The van der Waals surface area contributed by atoms with Crippen LogP contribution in [0.4, 0.5) is 0 Å². The summed E-state index contributed by atoms with van der Waals surface area (Å²) in [5.74, 6) is 3.78. The topological polar surface area (TPSA) is 40.5 Å². The maximum Gasteiger partial charge on any atom is 0.0907 e. The summed E-state index contributed by atoms with van der Waals surface area (Å²) in [6.07, 6.45) is 8.36. The molecule has 1 aliphatic carbocycles. The first-order chi connectivity index (χ1) is 6.69. The largest absolute Gasteiger partial charge is 0.390 e. The summed E-state index contributed by atoms with van der Waals surface area (Å²) in [4.78, 5) is 0. The van der Waals surface area contributed by atoms with Crippen molar-refractivity contribution in [1.29, 1.82) is 0 Å². The fraction of sp³-hybridized carbons (Fsp3) is 0.833. The highest BCUT2D eigenvalue weighted by Gasteiger charge is 2.38. The average Bonchev–Trinajstić information content (AvgIpc) is 2.84. The summed E-state index contributed by atoms with van der Waals surface area (Å²) >= 11 is 0. The van der Waals surface area contributed by atoms with Gasteiger partial charge in [0.05, 0.1) is 12.2 Å². The van der Waals surface area contributed by atoms with E-state index in [-0.39, 0.29) is 6.42 Å². The predicted octanol–water partition coefficient (Wildman–Crippen LogP) is 1.56. The van der Waals surface area contributed by atoms with Crippen molar-refractivity contribution >= 4 is 0 Å². The SMILES string of the molecule is C#CCC(O)C(O)CC1CC1CCC. The van der Waals surface area contributed by atoms with Gasteiger partial charge in [-0.05, 0) is 24.7 Å². The Morgan fingerprint density at radius 2 is 2.07 bits per heavy atom. The maximum atomic E-state index is 9.60. The van der Waals surface area contributed by atoms with Gasteiger partial charge < -0.3 is 10.2 Å². The Kier molecular flexibility index (Phi) is 4.44. The van der Waals surface area contributed by atoms with Crippen LogP contribution in [0.3, 0.4) is 0 Å². The summed E-state index contributed by atoms with van der Waals surface area (Å²) in [5, 5.41) is 19.0. The maximum absolute atomic E-state index is 9.60. The zero-order chi connectivity index (χ0) is 10.6. The molecule has 2 nitrogen and oxygen atoms in total. The van der Waals surface area contributed by atoms with E-state index < -0.39 is 12.2 Å². The molecule has 0 spiro atoms. The van der Waals surface area contributed by atoms with Gasteiger partial charge >= 0.3 is 0 Å². The first-order valence-corrected chi connectivity index (χ1v) is 5.48. The normalized spacial score (nSPS) is 29.3. The van der Waals surface area contributed by atoms with Crippen LogP contribution in [0.1, 0.15) is 39.0 Å². The van der Waals surface area contributed by atoms with Crippen LogP contribution in [0.5, 0.6) is 0 Å². The minimum Gasteiger partial charge on any atom is -0.390 e. The minimum atomic E-state index is -0.733. The fourth-order valence-electron chi connectivity index (χ4n) is 2.05. The van der Waals surface area contributed by atoms with Gasteiger partial charge in [0.2, 0.25) is 0 Å². The lowest BCUT2D eigenvalue weighted by atomic mass is 10.0. The molecule has 0 amide bonds. The Hall–Kier alpha value is -0.520. The molecular weight excluding hydrogens is 176 g/mol. The third-order valence-electron chi connectivity index (χ3n) is 3.04. The standard InChI is InChI=1S/C12H20O2/c1-3-5-9-7-10(9)8-12(14)11(13)6-4-2/h2,9-14H,3,5-8H2,1H3. The molecule has 0 heterocycles.